The van der Waals surface area contributed by atoms with Crippen molar-refractivity contribution in [3.05, 3.63) is 40.3 Å². The van der Waals surface area contributed by atoms with Crippen molar-refractivity contribution in [3.63, 3.8) is 0 Å². The molecule has 1 amide bonds. The molecule has 6 nitrogen and oxygen atoms in total. The summed E-state index contributed by atoms with van der Waals surface area (Å²) >= 11 is 1.31. The van der Waals surface area contributed by atoms with Crippen LogP contribution in [-0.2, 0) is 19.1 Å². The number of esters is 2. The molecular weight excluding hydrogens is 462 g/mol. The molecule has 1 aliphatic rings. The van der Waals surface area contributed by atoms with E-state index < -0.39 is 11.9 Å². The van der Waals surface area contributed by atoms with Crippen LogP contribution >= 0.6 is 11.3 Å². The molecule has 3 rings (SSSR count). The maximum Gasteiger partial charge on any atom is 0.341 e. The Hall–Kier alpha value is -2.67. The summed E-state index contributed by atoms with van der Waals surface area (Å²) in [6, 6.07) is 7.87. The predicted octanol–water partition coefficient (Wildman–Crippen LogP) is 6.54. The number of aryl methyl sites for hydroxylation is 2. The van der Waals surface area contributed by atoms with E-state index in [1.807, 2.05) is 38.1 Å². The van der Waals surface area contributed by atoms with Gasteiger partial charge in [-0.1, -0.05) is 50.6 Å². The molecule has 2 aromatic rings. The summed E-state index contributed by atoms with van der Waals surface area (Å²) < 4.78 is 10.6. The monoisotopic (exact) mass is 499 g/mol. The molecule has 190 valence electrons. The molecule has 1 fully saturated rings. The van der Waals surface area contributed by atoms with Crippen molar-refractivity contribution < 1.29 is 23.9 Å². The highest BCUT2D eigenvalue weighted by Gasteiger charge is 2.33. The fourth-order valence-electron chi connectivity index (χ4n) is 4.71. The van der Waals surface area contributed by atoms with E-state index in [1.165, 1.54) is 11.3 Å². The molecule has 0 spiro atoms. The van der Waals surface area contributed by atoms with Crippen molar-refractivity contribution in [1.82, 2.24) is 0 Å². The van der Waals surface area contributed by atoms with Crippen LogP contribution < -0.4 is 5.32 Å². The van der Waals surface area contributed by atoms with Crippen LogP contribution in [-0.4, -0.2) is 31.1 Å². The van der Waals surface area contributed by atoms with E-state index in [-0.39, 0.29) is 30.5 Å². The van der Waals surface area contributed by atoms with E-state index in [4.69, 9.17) is 9.47 Å². The predicted molar refractivity (Wildman–Crippen MR) is 140 cm³/mol. The van der Waals surface area contributed by atoms with Crippen LogP contribution in [0.25, 0.3) is 11.1 Å². The molecule has 0 unspecified atom stereocenters. The Morgan fingerprint density at radius 3 is 2.20 bits per heavy atom. The Balaban J connectivity index is 1.68. The molecule has 1 aromatic heterocycles. The van der Waals surface area contributed by atoms with Crippen LogP contribution in [0.3, 0.4) is 0 Å². The second-order valence-electron chi connectivity index (χ2n) is 10.4. The van der Waals surface area contributed by atoms with E-state index in [9.17, 15) is 14.4 Å². The standard InChI is InChI=1S/C28H37NO5S/c1-7-33-27(32)24-23(19-10-8-17(2)9-11-19)18(3)35-25(24)29-22(30)16-34-26(31)20-12-14-21(15-13-20)28(4,5)6/h8-11,20-21H,7,12-16H2,1-6H3,(H,29,30). The number of carbonyl (C=O) groups excluding carboxylic acids is 3. The number of hydrogen-bond donors (Lipinski definition) is 1. The maximum atomic E-state index is 12.8. The Labute approximate surface area is 212 Å². The molecule has 0 saturated heterocycles. The molecule has 7 heteroatoms. The molecule has 0 aliphatic heterocycles. The Morgan fingerprint density at radius 1 is 1.00 bits per heavy atom. The minimum absolute atomic E-state index is 0.159. The zero-order chi connectivity index (χ0) is 25.8. The normalized spacial score (nSPS) is 18.1. The van der Waals surface area contributed by atoms with Gasteiger partial charge in [-0.2, -0.15) is 0 Å². The van der Waals surface area contributed by atoms with E-state index in [0.717, 1.165) is 47.3 Å². The highest BCUT2D eigenvalue weighted by Crippen LogP contribution is 2.41. The molecule has 35 heavy (non-hydrogen) atoms. The molecule has 1 heterocycles. The van der Waals surface area contributed by atoms with E-state index in [2.05, 4.69) is 26.1 Å². The lowest BCUT2D eigenvalue weighted by Crippen LogP contribution is -2.31. The first-order valence-corrected chi connectivity index (χ1v) is 13.2. The van der Waals surface area contributed by atoms with Gasteiger partial charge in [0.2, 0.25) is 0 Å². The lowest BCUT2D eigenvalue weighted by atomic mass is 9.70. The largest absolute Gasteiger partial charge is 0.462 e. The Kier molecular flexibility index (Phi) is 8.75. The van der Waals surface area contributed by atoms with Crippen molar-refractivity contribution in [2.24, 2.45) is 17.3 Å². The number of carbonyl (C=O) groups is 3. The third kappa shape index (κ3) is 6.72. The molecule has 0 radical (unpaired) electrons. The zero-order valence-electron chi connectivity index (χ0n) is 21.7. The highest BCUT2D eigenvalue weighted by molar-refractivity contribution is 7.17. The summed E-state index contributed by atoms with van der Waals surface area (Å²) in [5.74, 6) is -0.838. The number of amides is 1. The lowest BCUT2D eigenvalue weighted by molar-refractivity contribution is -0.153. The lowest BCUT2D eigenvalue weighted by Gasteiger charge is -2.36. The van der Waals surface area contributed by atoms with Gasteiger partial charge in [-0.15, -0.1) is 11.3 Å². The molecule has 0 atom stereocenters. The van der Waals surface area contributed by atoms with E-state index >= 15 is 0 Å². The van der Waals surface area contributed by atoms with Gasteiger partial charge in [0.05, 0.1) is 12.5 Å². The third-order valence-corrected chi connectivity index (χ3v) is 7.81. The van der Waals surface area contributed by atoms with Crippen LogP contribution in [0.4, 0.5) is 5.00 Å². The van der Waals surface area contributed by atoms with Crippen LogP contribution in [0.1, 0.15) is 74.2 Å². The molecule has 1 N–H and O–H groups in total. The van der Waals surface area contributed by atoms with E-state index in [1.54, 1.807) is 6.92 Å². The van der Waals surface area contributed by atoms with Crippen LogP contribution in [0, 0.1) is 31.1 Å². The van der Waals surface area contributed by atoms with Crippen molar-refractivity contribution >= 4 is 34.2 Å². The van der Waals surface area contributed by atoms with Crippen molar-refractivity contribution in [2.75, 3.05) is 18.5 Å². The fourth-order valence-corrected chi connectivity index (χ4v) is 5.79. The molecule has 1 aliphatic carbocycles. The number of thiophene rings is 1. The zero-order valence-corrected chi connectivity index (χ0v) is 22.5. The third-order valence-electron chi connectivity index (χ3n) is 6.79. The number of nitrogens with one attached hydrogen (secondary N) is 1. The number of ether oxygens (including phenoxy) is 2. The van der Waals surface area contributed by atoms with Gasteiger partial charge in [0.15, 0.2) is 6.61 Å². The molecular formula is C28H37NO5S. The molecule has 1 aromatic carbocycles. The van der Waals surface area contributed by atoms with Gasteiger partial charge in [0.25, 0.3) is 5.91 Å². The van der Waals surface area contributed by atoms with Crippen molar-refractivity contribution in [3.8, 4) is 11.1 Å². The summed E-state index contributed by atoms with van der Waals surface area (Å²) in [6.45, 7) is 12.2. The van der Waals surface area contributed by atoms with Crippen molar-refractivity contribution in [1.29, 1.82) is 0 Å². The second kappa shape index (κ2) is 11.4. The molecule has 1 saturated carbocycles. The quantitative estimate of drug-likeness (QED) is 0.437. The first-order valence-electron chi connectivity index (χ1n) is 12.3. The minimum atomic E-state index is -0.490. The van der Waals surface area contributed by atoms with Gasteiger partial charge >= 0.3 is 11.9 Å². The Bertz CT molecular complexity index is 1060. The van der Waals surface area contributed by atoms with E-state index in [0.29, 0.717) is 16.5 Å². The average Bonchev–Trinajstić information content (AvgIpc) is 3.13. The van der Waals surface area contributed by atoms with Crippen LogP contribution in [0.15, 0.2) is 24.3 Å². The SMILES string of the molecule is CCOC(=O)c1c(NC(=O)COC(=O)C2CCC(C(C)(C)C)CC2)sc(C)c1-c1ccc(C)cc1. The van der Waals surface area contributed by atoms with Crippen LogP contribution in [0.2, 0.25) is 0 Å². The summed E-state index contributed by atoms with van der Waals surface area (Å²) in [5.41, 5.74) is 3.31. The molecule has 0 bridgehead atoms. The number of rotatable bonds is 7. The topological polar surface area (TPSA) is 81.7 Å². The first-order chi connectivity index (χ1) is 16.5. The summed E-state index contributed by atoms with van der Waals surface area (Å²) in [7, 11) is 0. The van der Waals surface area contributed by atoms with Gasteiger partial charge in [-0.25, -0.2) is 4.79 Å². The van der Waals surface area contributed by atoms with Gasteiger partial charge in [0.1, 0.15) is 10.6 Å². The minimum Gasteiger partial charge on any atom is -0.462 e. The van der Waals surface area contributed by atoms with Gasteiger partial charge < -0.3 is 14.8 Å². The highest BCUT2D eigenvalue weighted by atomic mass is 32.1. The fraction of sp³-hybridized carbons (Fsp3) is 0.536. The van der Waals surface area contributed by atoms with Gasteiger partial charge in [0, 0.05) is 10.4 Å². The average molecular weight is 500 g/mol. The number of anilines is 1. The summed E-state index contributed by atoms with van der Waals surface area (Å²) in [6.07, 6.45) is 3.57. The van der Waals surface area contributed by atoms with Crippen LogP contribution in [0.5, 0.6) is 0 Å². The second-order valence-corrected chi connectivity index (χ2v) is 11.6. The summed E-state index contributed by atoms with van der Waals surface area (Å²) in [5, 5.41) is 3.18. The van der Waals surface area contributed by atoms with Gasteiger partial charge in [-0.3, -0.25) is 9.59 Å². The first kappa shape index (κ1) is 26.9. The van der Waals surface area contributed by atoms with Crippen molar-refractivity contribution in [2.45, 2.75) is 67.2 Å². The number of hydrogen-bond acceptors (Lipinski definition) is 6. The maximum absolute atomic E-state index is 12.8. The smallest absolute Gasteiger partial charge is 0.341 e. The Morgan fingerprint density at radius 2 is 1.63 bits per heavy atom. The summed E-state index contributed by atoms with van der Waals surface area (Å²) in [4.78, 5) is 39.0. The number of benzene rings is 1. The van der Waals surface area contributed by atoms with Gasteiger partial charge in [-0.05, 0) is 63.4 Å².